The average molecular weight is 199 g/mol. The van der Waals surface area contributed by atoms with E-state index in [0.717, 1.165) is 12.1 Å². The van der Waals surface area contributed by atoms with Gasteiger partial charge in [-0.2, -0.15) is 0 Å². The van der Waals surface area contributed by atoms with Gasteiger partial charge >= 0.3 is 0 Å². The van der Waals surface area contributed by atoms with E-state index in [2.05, 4.69) is 43.1 Å². The van der Waals surface area contributed by atoms with Crippen molar-refractivity contribution in [2.24, 2.45) is 5.92 Å². The van der Waals surface area contributed by atoms with Crippen LogP contribution in [0.15, 0.2) is 30.5 Å². The van der Waals surface area contributed by atoms with Crippen LogP contribution in [0, 0.1) is 12.8 Å². The smallest absolute Gasteiger partial charge is 0.0379 e. The SMILES string of the molecule is Cc1cc2ccc(CC(C)C)cc2cn1. The Hall–Kier alpha value is -1.37. The summed E-state index contributed by atoms with van der Waals surface area (Å²) in [5, 5.41) is 2.54. The van der Waals surface area contributed by atoms with Crippen molar-refractivity contribution in [3.05, 3.63) is 41.7 Å². The first-order valence-electron chi connectivity index (χ1n) is 5.50. The maximum atomic E-state index is 4.33. The predicted octanol–water partition coefficient (Wildman–Crippen LogP) is 3.74. The molecule has 0 N–H and O–H groups in total. The van der Waals surface area contributed by atoms with E-state index in [4.69, 9.17) is 0 Å². The molecular weight excluding hydrogens is 182 g/mol. The van der Waals surface area contributed by atoms with Crippen LogP contribution < -0.4 is 0 Å². The lowest BCUT2D eigenvalue weighted by atomic mass is 10.0. The predicted molar refractivity (Wildman–Crippen MR) is 65.0 cm³/mol. The molecule has 0 radical (unpaired) electrons. The molecule has 0 amide bonds. The van der Waals surface area contributed by atoms with Crippen LogP contribution in [-0.2, 0) is 6.42 Å². The lowest BCUT2D eigenvalue weighted by Crippen LogP contribution is -1.93. The normalized spacial score (nSPS) is 11.2. The summed E-state index contributed by atoms with van der Waals surface area (Å²) in [6, 6.07) is 8.81. The fourth-order valence-electron chi connectivity index (χ4n) is 1.90. The van der Waals surface area contributed by atoms with Gasteiger partial charge in [-0.3, -0.25) is 4.98 Å². The first kappa shape index (κ1) is 10.2. The second-order valence-corrected chi connectivity index (χ2v) is 4.61. The molecule has 0 bridgehead atoms. The van der Waals surface area contributed by atoms with Gasteiger partial charge in [0, 0.05) is 17.3 Å². The summed E-state index contributed by atoms with van der Waals surface area (Å²) in [4.78, 5) is 4.33. The molecule has 2 rings (SSSR count). The molecule has 0 aliphatic carbocycles. The first-order valence-corrected chi connectivity index (χ1v) is 5.50. The number of aromatic nitrogens is 1. The third kappa shape index (κ3) is 2.35. The first-order chi connectivity index (χ1) is 7.15. The molecule has 0 saturated carbocycles. The van der Waals surface area contributed by atoms with Crippen molar-refractivity contribution >= 4 is 10.8 Å². The van der Waals surface area contributed by atoms with Crippen LogP contribution in [0.2, 0.25) is 0 Å². The third-order valence-electron chi connectivity index (χ3n) is 2.57. The molecule has 0 spiro atoms. The molecular formula is C14H17N. The standard InChI is InChI=1S/C14H17N/c1-10(2)6-12-4-5-13-7-11(3)15-9-14(13)8-12/h4-5,7-10H,6H2,1-3H3. The maximum absolute atomic E-state index is 4.33. The van der Waals surface area contributed by atoms with E-state index in [-0.39, 0.29) is 0 Å². The van der Waals surface area contributed by atoms with Crippen LogP contribution in [0.1, 0.15) is 25.1 Å². The molecule has 1 aromatic heterocycles. The second kappa shape index (κ2) is 4.01. The van der Waals surface area contributed by atoms with Crippen molar-refractivity contribution in [3.8, 4) is 0 Å². The van der Waals surface area contributed by atoms with Gasteiger partial charge in [-0.25, -0.2) is 0 Å². The summed E-state index contributed by atoms with van der Waals surface area (Å²) in [5.41, 5.74) is 2.49. The van der Waals surface area contributed by atoms with Crippen LogP contribution in [0.5, 0.6) is 0 Å². The van der Waals surface area contributed by atoms with E-state index in [1.165, 1.54) is 16.3 Å². The largest absolute Gasteiger partial charge is 0.261 e. The van der Waals surface area contributed by atoms with E-state index in [1.54, 1.807) is 0 Å². The quantitative estimate of drug-likeness (QED) is 0.718. The molecule has 1 heteroatoms. The average Bonchev–Trinajstić information content (AvgIpc) is 2.17. The maximum Gasteiger partial charge on any atom is 0.0379 e. The van der Waals surface area contributed by atoms with Crippen molar-refractivity contribution < 1.29 is 0 Å². The Morgan fingerprint density at radius 1 is 1.13 bits per heavy atom. The highest BCUT2D eigenvalue weighted by molar-refractivity contribution is 5.82. The molecule has 0 unspecified atom stereocenters. The topological polar surface area (TPSA) is 12.9 Å². The van der Waals surface area contributed by atoms with Crippen LogP contribution >= 0.6 is 0 Å². The van der Waals surface area contributed by atoms with Gasteiger partial charge in [0.05, 0.1) is 0 Å². The van der Waals surface area contributed by atoms with Gasteiger partial charge in [-0.15, -0.1) is 0 Å². The molecule has 0 saturated heterocycles. The Morgan fingerprint density at radius 3 is 2.67 bits per heavy atom. The highest BCUT2D eigenvalue weighted by atomic mass is 14.6. The minimum atomic E-state index is 0.709. The van der Waals surface area contributed by atoms with Gasteiger partial charge in [-0.05, 0) is 42.3 Å². The minimum Gasteiger partial charge on any atom is -0.261 e. The molecule has 15 heavy (non-hydrogen) atoms. The van der Waals surface area contributed by atoms with Crippen LogP contribution in [0.3, 0.4) is 0 Å². The molecule has 0 aliphatic rings. The van der Waals surface area contributed by atoms with Crippen LogP contribution in [0.25, 0.3) is 10.8 Å². The van der Waals surface area contributed by atoms with Gasteiger partial charge in [0.15, 0.2) is 0 Å². The monoisotopic (exact) mass is 199 g/mol. The molecule has 2 aromatic rings. The van der Waals surface area contributed by atoms with Crippen molar-refractivity contribution in [3.63, 3.8) is 0 Å². The molecule has 78 valence electrons. The third-order valence-corrected chi connectivity index (χ3v) is 2.57. The zero-order chi connectivity index (χ0) is 10.8. The van der Waals surface area contributed by atoms with E-state index >= 15 is 0 Å². The van der Waals surface area contributed by atoms with Crippen molar-refractivity contribution in [1.82, 2.24) is 4.98 Å². The minimum absolute atomic E-state index is 0.709. The van der Waals surface area contributed by atoms with E-state index in [1.807, 2.05) is 13.1 Å². The summed E-state index contributed by atoms with van der Waals surface area (Å²) >= 11 is 0. The fourth-order valence-corrected chi connectivity index (χ4v) is 1.90. The van der Waals surface area contributed by atoms with E-state index < -0.39 is 0 Å². The van der Waals surface area contributed by atoms with Gasteiger partial charge < -0.3 is 0 Å². The summed E-state index contributed by atoms with van der Waals surface area (Å²) in [7, 11) is 0. The number of pyridine rings is 1. The number of aryl methyl sites for hydroxylation is 1. The van der Waals surface area contributed by atoms with Crippen molar-refractivity contribution in [2.75, 3.05) is 0 Å². The number of hydrogen-bond donors (Lipinski definition) is 0. The number of fused-ring (bicyclic) bond motifs is 1. The second-order valence-electron chi connectivity index (χ2n) is 4.61. The molecule has 1 nitrogen and oxygen atoms in total. The Morgan fingerprint density at radius 2 is 1.93 bits per heavy atom. The van der Waals surface area contributed by atoms with Gasteiger partial charge in [0.25, 0.3) is 0 Å². The van der Waals surface area contributed by atoms with Gasteiger partial charge in [-0.1, -0.05) is 26.0 Å². The van der Waals surface area contributed by atoms with Crippen LogP contribution in [-0.4, -0.2) is 4.98 Å². The molecule has 0 atom stereocenters. The number of benzene rings is 1. The van der Waals surface area contributed by atoms with Gasteiger partial charge in [0.1, 0.15) is 0 Å². The molecule has 0 aliphatic heterocycles. The lowest BCUT2D eigenvalue weighted by Gasteiger charge is -2.06. The number of rotatable bonds is 2. The summed E-state index contributed by atoms with van der Waals surface area (Å²) in [6.07, 6.45) is 3.11. The summed E-state index contributed by atoms with van der Waals surface area (Å²) in [6.45, 7) is 6.52. The molecule has 0 fully saturated rings. The van der Waals surface area contributed by atoms with Crippen molar-refractivity contribution in [2.45, 2.75) is 27.2 Å². The zero-order valence-corrected chi connectivity index (χ0v) is 9.62. The Kier molecular flexibility index (Phi) is 2.72. The fraction of sp³-hybridized carbons (Fsp3) is 0.357. The van der Waals surface area contributed by atoms with E-state index in [9.17, 15) is 0 Å². The lowest BCUT2D eigenvalue weighted by molar-refractivity contribution is 0.648. The number of hydrogen-bond acceptors (Lipinski definition) is 1. The summed E-state index contributed by atoms with van der Waals surface area (Å²) in [5.74, 6) is 0.709. The Labute approximate surface area is 91.2 Å². The summed E-state index contributed by atoms with van der Waals surface area (Å²) < 4.78 is 0. The van der Waals surface area contributed by atoms with Crippen LogP contribution in [0.4, 0.5) is 0 Å². The Balaban J connectivity index is 2.43. The highest BCUT2D eigenvalue weighted by Gasteiger charge is 2.00. The molecule has 1 aromatic carbocycles. The Bertz CT molecular complexity index is 472. The zero-order valence-electron chi connectivity index (χ0n) is 9.62. The molecule has 1 heterocycles. The van der Waals surface area contributed by atoms with E-state index in [0.29, 0.717) is 5.92 Å². The van der Waals surface area contributed by atoms with Gasteiger partial charge in [0.2, 0.25) is 0 Å². The highest BCUT2D eigenvalue weighted by Crippen LogP contribution is 2.17. The number of nitrogens with zero attached hydrogens (tertiary/aromatic N) is 1. The van der Waals surface area contributed by atoms with Crippen molar-refractivity contribution in [1.29, 1.82) is 0 Å².